The van der Waals surface area contributed by atoms with Crippen LogP contribution in [-0.2, 0) is 30.4 Å². The zero-order chi connectivity index (χ0) is 36.8. The summed E-state index contributed by atoms with van der Waals surface area (Å²) in [6.45, 7) is 4.21. The number of benzene rings is 2. The van der Waals surface area contributed by atoms with E-state index in [0.717, 1.165) is 0 Å². The standard InChI is InChI=1S/C37H50N6O7/c1-23-18-32(46)35(43(3)37(48)27(6-4-12-38)19-24(2)44)26-9-11-34(50-17-15-41)29(22-26)28-20-25(8-10-33(28)49-16-14-40)21-30(42-36(23)47)31(45)7-5-13-39/h8-11,20,22-23,27,30,35H,4-7,12,14-19,21,38,40-41H2,1-3H3,(H,42,47)/t23-,27-,30+,35+/m1/s1. The predicted octanol–water partition coefficient (Wildman–Crippen LogP) is 2.37. The minimum absolute atomic E-state index is 0.00411. The summed E-state index contributed by atoms with van der Waals surface area (Å²) in [5.74, 6) is -2.44. The first-order valence-corrected chi connectivity index (χ1v) is 17.1. The van der Waals surface area contributed by atoms with Gasteiger partial charge >= 0.3 is 0 Å². The Kier molecular flexibility index (Phi) is 15.5. The van der Waals surface area contributed by atoms with Crippen LogP contribution in [0.2, 0.25) is 0 Å². The number of nitrogens with two attached hydrogens (primary N) is 3. The molecule has 1 aliphatic heterocycles. The smallest absolute Gasteiger partial charge is 0.226 e. The average Bonchev–Trinajstić information content (AvgIpc) is 3.09. The summed E-state index contributed by atoms with van der Waals surface area (Å²) in [4.78, 5) is 68.7. The third-order valence-electron chi connectivity index (χ3n) is 8.67. The molecule has 2 amide bonds. The van der Waals surface area contributed by atoms with Crippen molar-refractivity contribution in [2.24, 2.45) is 29.0 Å². The highest BCUT2D eigenvalue weighted by Gasteiger charge is 2.35. The lowest BCUT2D eigenvalue weighted by molar-refractivity contribution is -0.143. The Balaban J connectivity index is 2.30. The number of ether oxygens (including phenoxy) is 2. The SMILES string of the molecule is CC(=O)C[C@@H](CCCN)C(=O)N(C)[C@@H]1C(=O)C[C@@H](C)C(=O)N[C@H](C(=O)CCC#N)Cc2ccc(OCCN)c(c2)-c2cc1ccc2OCCN. The molecule has 1 aliphatic rings. The monoisotopic (exact) mass is 690 g/mol. The second kappa shape index (κ2) is 19.5. The molecule has 0 saturated carbocycles. The fourth-order valence-electron chi connectivity index (χ4n) is 6.15. The Morgan fingerprint density at radius 2 is 1.62 bits per heavy atom. The van der Waals surface area contributed by atoms with Crippen LogP contribution in [0.15, 0.2) is 36.4 Å². The largest absolute Gasteiger partial charge is 0.492 e. The molecule has 270 valence electrons. The molecule has 1 heterocycles. The zero-order valence-electron chi connectivity index (χ0n) is 29.2. The lowest BCUT2D eigenvalue weighted by Crippen LogP contribution is -2.45. The molecule has 3 rings (SSSR count). The van der Waals surface area contributed by atoms with Crippen molar-refractivity contribution < 1.29 is 33.4 Å². The molecule has 4 atom stereocenters. The van der Waals surface area contributed by atoms with Crippen LogP contribution in [0.25, 0.3) is 11.1 Å². The van der Waals surface area contributed by atoms with E-state index in [1.807, 2.05) is 12.1 Å². The van der Waals surface area contributed by atoms with Gasteiger partial charge < -0.3 is 41.7 Å². The minimum Gasteiger partial charge on any atom is -0.492 e. The van der Waals surface area contributed by atoms with E-state index < -0.39 is 41.5 Å². The molecule has 13 nitrogen and oxygen atoms in total. The lowest BCUT2D eigenvalue weighted by Gasteiger charge is -2.32. The van der Waals surface area contributed by atoms with E-state index in [9.17, 15) is 24.0 Å². The summed E-state index contributed by atoms with van der Waals surface area (Å²) >= 11 is 0. The number of ketones is 3. The third kappa shape index (κ3) is 10.7. The maximum Gasteiger partial charge on any atom is 0.226 e. The van der Waals surface area contributed by atoms with Crippen molar-refractivity contribution in [3.63, 3.8) is 0 Å². The number of hydrogen-bond acceptors (Lipinski definition) is 11. The van der Waals surface area contributed by atoms with Crippen LogP contribution >= 0.6 is 0 Å². The number of amides is 2. The van der Waals surface area contributed by atoms with E-state index >= 15 is 0 Å². The number of nitrogens with one attached hydrogen (secondary N) is 1. The summed E-state index contributed by atoms with van der Waals surface area (Å²) in [6.07, 6.45) is 0.689. The van der Waals surface area contributed by atoms with Gasteiger partial charge in [0.2, 0.25) is 11.8 Å². The van der Waals surface area contributed by atoms with Gasteiger partial charge in [-0.25, -0.2) is 0 Å². The van der Waals surface area contributed by atoms with E-state index in [1.165, 1.54) is 18.9 Å². The normalized spacial score (nSPS) is 18.2. The van der Waals surface area contributed by atoms with Gasteiger partial charge in [-0.2, -0.15) is 5.26 Å². The van der Waals surface area contributed by atoms with Gasteiger partial charge in [0.05, 0.1) is 12.1 Å². The van der Waals surface area contributed by atoms with Crippen LogP contribution in [0.4, 0.5) is 0 Å². The first kappa shape index (κ1) is 39.8. The maximum absolute atomic E-state index is 14.3. The third-order valence-corrected chi connectivity index (χ3v) is 8.67. The van der Waals surface area contributed by atoms with E-state index in [1.54, 1.807) is 37.3 Å². The minimum atomic E-state index is -1.14. The summed E-state index contributed by atoms with van der Waals surface area (Å²) in [5.41, 5.74) is 19.6. The maximum atomic E-state index is 14.3. The summed E-state index contributed by atoms with van der Waals surface area (Å²) < 4.78 is 12.1. The Morgan fingerprint density at radius 3 is 2.22 bits per heavy atom. The molecular weight excluding hydrogens is 640 g/mol. The Bertz CT molecular complexity index is 1570. The molecule has 0 aliphatic carbocycles. The quantitative estimate of drug-likeness (QED) is 0.200. The topological polar surface area (TPSA) is 221 Å². The number of Topliss-reactive ketones (excluding diaryl/α,β-unsaturated/α-hetero) is 3. The molecule has 0 spiro atoms. The Morgan fingerprint density at radius 1 is 0.980 bits per heavy atom. The summed E-state index contributed by atoms with van der Waals surface area (Å²) in [7, 11) is 1.52. The molecular formula is C37H50N6O7. The second-order valence-corrected chi connectivity index (χ2v) is 12.7. The molecule has 2 aromatic carbocycles. The van der Waals surface area contributed by atoms with Crippen LogP contribution in [0.5, 0.6) is 11.5 Å². The number of nitrogens with zero attached hydrogens (tertiary/aromatic N) is 2. The number of hydrogen-bond donors (Lipinski definition) is 4. The second-order valence-electron chi connectivity index (χ2n) is 12.7. The van der Waals surface area contributed by atoms with E-state index in [0.29, 0.717) is 53.1 Å². The number of nitriles is 1. The molecule has 2 aromatic rings. The highest BCUT2D eigenvalue weighted by Crippen LogP contribution is 2.40. The van der Waals surface area contributed by atoms with Crippen molar-refractivity contribution in [3.05, 3.63) is 47.5 Å². The van der Waals surface area contributed by atoms with Crippen molar-refractivity contribution in [3.8, 4) is 28.7 Å². The van der Waals surface area contributed by atoms with Gasteiger partial charge in [0.25, 0.3) is 0 Å². The number of rotatable bonds is 16. The number of likely N-dealkylation sites (N-methyl/N-ethyl adjacent to an activating group) is 1. The molecule has 50 heavy (non-hydrogen) atoms. The Labute approximate surface area is 293 Å². The number of carbonyl (C=O) groups is 5. The summed E-state index contributed by atoms with van der Waals surface area (Å²) in [6, 6.07) is 10.4. The first-order valence-electron chi connectivity index (χ1n) is 17.1. The lowest BCUT2D eigenvalue weighted by atomic mass is 9.88. The molecule has 0 saturated heterocycles. The van der Waals surface area contributed by atoms with Crippen molar-refractivity contribution in [1.29, 1.82) is 5.26 Å². The summed E-state index contributed by atoms with van der Waals surface area (Å²) in [5, 5.41) is 11.9. The number of carbonyl (C=O) groups excluding carboxylic acids is 5. The number of fused-ring (bicyclic) bond motifs is 5. The highest BCUT2D eigenvalue weighted by molar-refractivity contribution is 5.96. The fraction of sp³-hybridized carbons (Fsp3) is 0.514. The van der Waals surface area contributed by atoms with Gasteiger partial charge in [-0.15, -0.1) is 0 Å². The van der Waals surface area contributed by atoms with Crippen LogP contribution in [0.3, 0.4) is 0 Å². The van der Waals surface area contributed by atoms with Gasteiger partial charge in [0.15, 0.2) is 11.6 Å². The van der Waals surface area contributed by atoms with Crippen molar-refractivity contribution in [2.45, 2.75) is 70.9 Å². The van der Waals surface area contributed by atoms with Gasteiger partial charge in [0, 0.05) is 68.8 Å². The van der Waals surface area contributed by atoms with Gasteiger partial charge in [0.1, 0.15) is 36.5 Å². The van der Waals surface area contributed by atoms with E-state index in [-0.39, 0.29) is 70.0 Å². The average molecular weight is 691 g/mol. The van der Waals surface area contributed by atoms with Crippen LogP contribution < -0.4 is 32.0 Å². The first-order chi connectivity index (χ1) is 23.9. The fourth-order valence-corrected chi connectivity index (χ4v) is 6.15. The van der Waals surface area contributed by atoms with Gasteiger partial charge in [-0.05, 0) is 68.1 Å². The Hall–Kier alpha value is -4.64. The molecule has 0 aromatic heterocycles. The molecule has 13 heteroatoms. The molecule has 0 fully saturated rings. The van der Waals surface area contributed by atoms with Crippen molar-refractivity contribution in [1.82, 2.24) is 10.2 Å². The highest BCUT2D eigenvalue weighted by atomic mass is 16.5. The molecule has 0 radical (unpaired) electrons. The van der Waals surface area contributed by atoms with E-state index in [2.05, 4.69) is 5.32 Å². The van der Waals surface area contributed by atoms with Gasteiger partial charge in [-0.1, -0.05) is 19.1 Å². The molecule has 7 N–H and O–H groups in total. The zero-order valence-corrected chi connectivity index (χ0v) is 29.2. The van der Waals surface area contributed by atoms with Crippen LogP contribution in [0, 0.1) is 23.2 Å². The van der Waals surface area contributed by atoms with Crippen molar-refractivity contribution in [2.75, 3.05) is 39.9 Å². The van der Waals surface area contributed by atoms with Crippen LogP contribution in [-0.4, -0.2) is 80.0 Å². The van der Waals surface area contributed by atoms with E-state index in [4.69, 9.17) is 31.9 Å². The molecule has 4 bridgehead atoms. The van der Waals surface area contributed by atoms with Crippen LogP contribution in [0.1, 0.15) is 69.5 Å². The van der Waals surface area contributed by atoms with Gasteiger partial charge in [-0.3, -0.25) is 19.2 Å². The predicted molar refractivity (Wildman–Crippen MR) is 188 cm³/mol. The molecule has 0 unspecified atom stereocenters. The van der Waals surface area contributed by atoms with Crippen molar-refractivity contribution >= 4 is 29.2 Å².